The number of nitrogens with one attached hydrogen (secondary N) is 1. The molecular formula is C10H8F3NOS. The molecule has 1 heterocycles. The summed E-state index contributed by atoms with van der Waals surface area (Å²) in [6, 6.07) is 4.85. The number of amides is 1. The minimum absolute atomic E-state index is 0.0881. The van der Waals surface area contributed by atoms with Gasteiger partial charge in [-0.25, -0.2) is 0 Å². The smallest absolute Gasteiger partial charge is 0.339 e. The van der Waals surface area contributed by atoms with Crippen molar-refractivity contribution in [3.05, 3.63) is 35.4 Å². The van der Waals surface area contributed by atoms with Gasteiger partial charge in [0.05, 0.1) is 11.3 Å². The average molecular weight is 247 g/mol. The van der Waals surface area contributed by atoms with Crippen molar-refractivity contribution in [2.45, 2.75) is 11.6 Å². The largest absolute Gasteiger partial charge is 0.416 e. The Morgan fingerprint density at radius 3 is 2.31 bits per heavy atom. The molecule has 6 heteroatoms. The average Bonchev–Trinajstić information content (AvgIpc) is 2.64. The monoisotopic (exact) mass is 247 g/mol. The number of hydrogen-bond acceptors (Lipinski definition) is 2. The van der Waals surface area contributed by atoms with Gasteiger partial charge < -0.3 is 5.32 Å². The maximum atomic E-state index is 12.3. The number of rotatable bonds is 1. The molecule has 86 valence electrons. The molecule has 1 N–H and O–H groups in total. The Morgan fingerprint density at radius 1 is 1.25 bits per heavy atom. The van der Waals surface area contributed by atoms with Crippen molar-refractivity contribution in [3.63, 3.8) is 0 Å². The molecule has 1 fully saturated rings. The predicted octanol–water partition coefficient (Wildman–Crippen LogP) is 2.57. The first-order valence-electron chi connectivity index (χ1n) is 4.55. The molecule has 0 aliphatic carbocycles. The Kier molecular flexibility index (Phi) is 2.84. The molecule has 1 amide bonds. The molecule has 1 saturated heterocycles. The molecular weight excluding hydrogens is 239 g/mol. The van der Waals surface area contributed by atoms with Gasteiger partial charge in [0.2, 0.25) is 5.91 Å². The second kappa shape index (κ2) is 4.01. The summed E-state index contributed by atoms with van der Waals surface area (Å²) in [6.07, 6.45) is -4.31. The molecule has 0 bridgehead atoms. The van der Waals surface area contributed by atoms with Gasteiger partial charge in [0.25, 0.3) is 0 Å². The summed E-state index contributed by atoms with van der Waals surface area (Å²) >= 11 is 1.38. The minimum Gasteiger partial charge on any atom is -0.339 e. The Hall–Kier alpha value is -1.17. The molecule has 1 aliphatic heterocycles. The molecule has 0 aromatic heterocycles. The first-order chi connectivity index (χ1) is 7.47. The molecule has 2 nitrogen and oxygen atoms in total. The van der Waals surface area contributed by atoms with E-state index in [4.69, 9.17) is 0 Å². The summed E-state index contributed by atoms with van der Waals surface area (Å²) in [5.41, 5.74) is 0.00873. The van der Waals surface area contributed by atoms with Crippen LogP contribution in [0.15, 0.2) is 24.3 Å². The van der Waals surface area contributed by atoms with Gasteiger partial charge >= 0.3 is 6.18 Å². The number of halogens is 3. The van der Waals surface area contributed by atoms with Crippen LogP contribution < -0.4 is 5.32 Å². The third-order valence-corrected chi connectivity index (χ3v) is 3.37. The van der Waals surface area contributed by atoms with E-state index in [1.54, 1.807) is 0 Å². The van der Waals surface area contributed by atoms with Crippen molar-refractivity contribution in [2.24, 2.45) is 0 Å². The lowest BCUT2D eigenvalue weighted by Gasteiger charge is -2.11. The lowest BCUT2D eigenvalue weighted by molar-refractivity contribution is -0.137. The summed E-state index contributed by atoms with van der Waals surface area (Å²) in [5, 5.41) is 2.44. The van der Waals surface area contributed by atoms with E-state index >= 15 is 0 Å². The van der Waals surface area contributed by atoms with Crippen LogP contribution in [0.1, 0.15) is 16.5 Å². The van der Waals surface area contributed by atoms with Crippen LogP contribution in [-0.4, -0.2) is 11.7 Å². The van der Waals surface area contributed by atoms with Gasteiger partial charge in [0, 0.05) is 0 Å². The Balaban J connectivity index is 2.17. The second-order valence-corrected chi connectivity index (χ2v) is 4.47. The van der Waals surface area contributed by atoms with Crippen LogP contribution in [0.2, 0.25) is 0 Å². The highest BCUT2D eigenvalue weighted by molar-refractivity contribution is 8.00. The number of hydrogen-bond donors (Lipinski definition) is 1. The fourth-order valence-corrected chi connectivity index (χ4v) is 2.38. The standard InChI is InChI=1S/C10H8F3NOS/c11-10(12,13)7-3-1-6(2-4-7)9-14-8(15)5-16-9/h1-4,9H,5H2,(H,14,15). The van der Waals surface area contributed by atoms with E-state index < -0.39 is 11.7 Å². The van der Waals surface area contributed by atoms with Crippen LogP contribution in [0.5, 0.6) is 0 Å². The van der Waals surface area contributed by atoms with Crippen LogP contribution in [-0.2, 0) is 11.0 Å². The summed E-state index contributed by atoms with van der Waals surface area (Å²) in [6.45, 7) is 0. The first kappa shape index (κ1) is 11.3. The van der Waals surface area contributed by atoms with E-state index in [0.29, 0.717) is 11.3 Å². The van der Waals surface area contributed by atoms with E-state index in [2.05, 4.69) is 5.32 Å². The van der Waals surface area contributed by atoms with E-state index in [9.17, 15) is 18.0 Å². The van der Waals surface area contributed by atoms with Crippen LogP contribution in [0, 0.1) is 0 Å². The zero-order valence-corrected chi connectivity index (χ0v) is 8.86. The summed E-state index contributed by atoms with van der Waals surface area (Å²) in [5.74, 6) is 0.265. The maximum absolute atomic E-state index is 12.3. The number of carbonyl (C=O) groups is 1. The maximum Gasteiger partial charge on any atom is 0.416 e. The second-order valence-electron chi connectivity index (χ2n) is 3.38. The number of benzene rings is 1. The minimum atomic E-state index is -4.31. The van der Waals surface area contributed by atoms with Gasteiger partial charge in [0.1, 0.15) is 5.37 Å². The van der Waals surface area contributed by atoms with Gasteiger partial charge in [-0.2, -0.15) is 13.2 Å². The molecule has 0 radical (unpaired) electrons. The van der Waals surface area contributed by atoms with Gasteiger partial charge in [-0.3, -0.25) is 4.79 Å². The highest BCUT2D eigenvalue weighted by Gasteiger charge is 2.30. The van der Waals surface area contributed by atoms with Crippen molar-refractivity contribution in [2.75, 3.05) is 5.75 Å². The third-order valence-electron chi connectivity index (χ3n) is 2.21. The highest BCUT2D eigenvalue weighted by Crippen LogP contribution is 2.33. The Morgan fingerprint density at radius 2 is 1.88 bits per heavy atom. The van der Waals surface area contributed by atoms with Crippen molar-refractivity contribution >= 4 is 17.7 Å². The number of alkyl halides is 3. The quantitative estimate of drug-likeness (QED) is 0.826. The van der Waals surface area contributed by atoms with Gasteiger partial charge in [-0.15, -0.1) is 11.8 Å². The fraction of sp³-hybridized carbons (Fsp3) is 0.300. The van der Waals surface area contributed by atoms with Crippen LogP contribution >= 0.6 is 11.8 Å². The summed E-state index contributed by atoms with van der Waals surface area (Å²) in [7, 11) is 0. The molecule has 1 aromatic rings. The molecule has 1 aliphatic rings. The van der Waals surface area contributed by atoms with Crippen LogP contribution in [0.25, 0.3) is 0 Å². The zero-order chi connectivity index (χ0) is 11.8. The van der Waals surface area contributed by atoms with Crippen LogP contribution in [0.3, 0.4) is 0 Å². The fourth-order valence-electron chi connectivity index (χ4n) is 1.42. The molecule has 16 heavy (non-hydrogen) atoms. The topological polar surface area (TPSA) is 29.1 Å². The molecule has 1 atom stereocenters. The normalized spacial score (nSPS) is 20.9. The summed E-state index contributed by atoms with van der Waals surface area (Å²) < 4.78 is 36.9. The van der Waals surface area contributed by atoms with Gasteiger partial charge in [-0.1, -0.05) is 12.1 Å². The molecule has 1 aromatic carbocycles. The lowest BCUT2D eigenvalue weighted by atomic mass is 10.1. The van der Waals surface area contributed by atoms with Crippen molar-refractivity contribution < 1.29 is 18.0 Å². The molecule has 2 rings (SSSR count). The molecule has 1 unspecified atom stereocenters. The van der Waals surface area contributed by atoms with E-state index in [0.717, 1.165) is 12.1 Å². The Bertz CT molecular complexity index is 402. The Labute approximate surface area is 94.2 Å². The van der Waals surface area contributed by atoms with E-state index in [1.807, 2.05) is 0 Å². The predicted molar refractivity (Wildman–Crippen MR) is 54.8 cm³/mol. The number of thioether (sulfide) groups is 1. The lowest BCUT2D eigenvalue weighted by Crippen LogP contribution is -2.19. The SMILES string of the molecule is O=C1CSC(c2ccc(C(F)(F)F)cc2)N1. The van der Waals surface area contributed by atoms with E-state index in [1.165, 1.54) is 23.9 Å². The van der Waals surface area contributed by atoms with Crippen LogP contribution in [0.4, 0.5) is 13.2 Å². The third kappa shape index (κ3) is 2.32. The van der Waals surface area contributed by atoms with Crippen molar-refractivity contribution in [1.82, 2.24) is 5.32 Å². The number of carbonyl (C=O) groups excluding carboxylic acids is 1. The van der Waals surface area contributed by atoms with E-state index in [-0.39, 0.29) is 11.3 Å². The van der Waals surface area contributed by atoms with Crippen molar-refractivity contribution in [3.8, 4) is 0 Å². The van der Waals surface area contributed by atoms with Gasteiger partial charge in [-0.05, 0) is 17.7 Å². The van der Waals surface area contributed by atoms with Gasteiger partial charge in [0.15, 0.2) is 0 Å². The summed E-state index contributed by atoms with van der Waals surface area (Å²) in [4.78, 5) is 10.9. The highest BCUT2D eigenvalue weighted by atomic mass is 32.2. The molecule has 0 spiro atoms. The first-order valence-corrected chi connectivity index (χ1v) is 5.60. The zero-order valence-electron chi connectivity index (χ0n) is 8.04. The molecule has 0 saturated carbocycles. The van der Waals surface area contributed by atoms with Crippen molar-refractivity contribution in [1.29, 1.82) is 0 Å².